The van der Waals surface area contributed by atoms with Crippen molar-refractivity contribution in [2.75, 3.05) is 18.2 Å². The Kier molecular flexibility index (Phi) is 7.81. The van der Waals surface area contributed by atoms with Crippen molar-refractivity contribution >= 4 is 40.9 Å². The fourth-order valence-electron chi connectivity index (χ4n) is 2.09. The lowest BCUT2D eigenvalue weighted by Crippen LogP contribution is -2.30. The lowest BCUT2D eigenvalue weighted by Gasteiger charge is -2.15. The highest BCUT2D eigenvalue weighted by atomic mass is 35.5. The minimum Gasteiger partial charge on any atom is -0.495 e. The highest BCUT2D eigenvalue weighted by Gasteiger charge is 2.19. The number of esters is 1. The monoisotopic (exact) mass is 393 g/mol. The Hall–Kier alpha value is -2.18. The number of anilines is 1. The van der Waals surface area contributed by atoms with Gasteiger partial charge in [-0.1, -0.05) is 29.8 Å². The Morgan fingerprint density at radius 3 is 2.62 bits per heavy atom. The number of hydrogen-bond donors (Lipinski definition) is 1. The van der Waals surface area contributed by atoms with Crippen molar-refractivity contribution in [1.82, 2.24) is 0 Å². The molecular weight excluding hydrogens is 374 g/mol. The number of carbonyl (C=O) groups is 2. The molecule has 5 nitrogen and oxygen atoms in total. The first-order valence-corrected chi connectivity index (χ1v) is 9.37. The molecule has 0 aliphatic carbocycles. The largest absolute Gasteiger partial charge is 0.495 e. The molecule has 0 bridgehead atoms. The highest BCUT2D eigenvalue weighted by molar-refractivity contribution is 7.99. The van der Waals surface area contributed by atoms with Crippen molar-refractivity contribution in [3.63, 3.8) is 0 Å². The van der Waals surface area contributed by atoms with Gasteiger partial charge in [0.25, 0.3) is 5.91 Å². The second-order valence-electron chi connectivity index (χ2n) is 5.38. The van der Waals surface area contributed by atoms with Crippen LogP contribution in [0.2, 0.25) is 5.02 Å². The van der Waals surface area contributed by atoms with E-state index in [2.05, 4.69) is 5.32 Å². The van der Waals surface area contributed by atoms with Crippen LogP contribution in [0.5, 0.6) is 5.75 Å². The molecule has 0 aliphatic heterocycles. The fourth-order valence-corrected chi connectivity index (χ4v) is 3.12. The summed E-state index contributed by atoms with van der Waals surface area (Å²) in [5.41, 5.74) is 0.424. The Morgan fingerprint density at radius 1 is 1.19 bits per heavy atom. The molecule has 2 aromatic carbocycles. The number of amides is 1. The molecule has 7 heteroatoms. The molecule has 0 saturated heterocycles. The van der Waals surface area contributed by atoms with Crippen LogP contribution in [0, 0.1) is 0 Å². The first-order chi connectivity index (χ1) is 12.5. The molecule has 1 amide bonds. The molecule has 0 aromatic heterocycles. The molecule has 0 radical (unpaired) electrons. The van der Waals surface area contributed by atoms with Gasteiger partial charge in [0.15, 0.2) is 6.10 Å². The summed E-state index contributed by atoms with van der Waals surface area (Å²) in [6, 6.07) is 14.7. The highest BCUT2D eigenvalue weighted by Crippen LogP contribution is 2.27. The van der Waals surface area contributed by atoms with Crippen LogP contribution < -0.4 is 10.1 Å². The van der Waals surface area contributed by atoms with E-state index in [-0.39, 0.29) is 6.42 Å². The zero-order chi connectivity index (χ0) is 18.9. The quantitative estimate of drug-likeness (QED) is 0.532. The molecule has 2 aromatic rings. The topological polar surface area (TPSA) is 64.6 Å². The smallest absolute Gasteiger partial charge is 0.307 e. The van der Waals surface area contributed by atoms with Gasteiger partial charge in [-0.3, -0.25) is 9.59 Å². The Balaban J connectivity index is 1.81. The van der Waals surface area contributed by atoms with Gasteiger partial charge in [0, 0.05) is 15.7 Å². The van der Waals surface area contributed by atoms with Crippen LogP contribution in [0.25, 0.3) is 0 Å². The van der Waals surface area contributed by atoms with Crippen LogP contribution in [0.15, 0.2) is 53.4 Å². The average Bonchev–Trinajstić information content (AvgIpc) is 2.62. The predicted molar refractivity (Wildman–Crippen MR) is 104 cm³/mol. The van der Waals surface area contributed by atoms with Crippen molar-refractivity contribution in [2.45, 2.75) is 24.3 Å². The number of hydrogen-bond acceptors (Lipinski definition) is 5. The van der Waals surface area contributed by atoms with Crippen molar-refractivity contribution in [1.29, 1.82) is 0 Å². The standard InChI is InChI=1S/C19H20ClNO4S/c1-13(19(23)21-16-12-14(20)8-9-17(16)24-2)25-18(22)10-11-26-15-6-4-3-5-7-15/h3-9,12-13H,10-11H2,1-2H3,(H,21,23). The third kappa shape index (κ3) is 6.28. The van der Waals surface area contributed by atoms with Gasteiger partial charge in [0.05, 0.1) is 19.2 Å². The predicted octanol–water partition coefficient (Wildman–Crippen LogP) is 4.40. The summed E-state index contributed by atoms with van der Waals surface area (Å²) < 4.78 is 10.4. The van der Waals surface area contributed by atoms with Crippen LogP contribution in [-0.4, -0.2) is 30.8 Å². The van der Waals surface area contributed by atoms with Gasteiger partial charge in [-0.15, -0.1) is 11.8 Å². The second-order valence-corrected chi connectivity index (χ2v) is 6.98. The van der Waals surface area contributed by atoms with Gasteiger partial charge in [-0.2, -0.15) is 0 Å². The average molecular weight is 394 g/mol. The molecule has 0 fully saturated rings. The lowest BCUT2D eigenvalue weighted by molar-refractivity contribution is -0.152. The first-order valence-electron chi connectivity index (χ1n) is 8.01. The number of halogens is 1. The van der Waals surface area contributed by atoms with E-state index in [1.54, 1.807) is 30.0 Å². The molecule has 26 heavy (non-hydrogen) atoms. The molecule has 0 heterocycles. The molecule has 1 atom stereocenters. The molecule has 0 saturated carbocycles. The third-order valence-corrected chi connectivity index (χ3v) is 4.66. The van der Waals surface area contributed by atoms with Crippen LogP contribution in [-0.2, 0) is 14.3 Å². The van der Waals surface area contributed by atoms with E-state index < -0.39 is 18.0 Å². The number of benzene rings is 2. The lowest BCUT2D eigenvalue weighted by atomic mass is 10.2. The Bertz CT molecular complexity index is 754. The zero-order valence-corrected chi connectivity index (χ0v) is 16.1. The van der Waals surface area contributed by atoms with Gasteiger partial charge in [0.2, 0.25) is 0 Å². The van der Waals surface area contributed by atoms with Gasteiger partial charge in [-0.25, -0.2) is 0 Å². The summed E-state index contributed by atoms with van der Waals surface area (Å²) in [6.07, 6.45) is -0.703. The van der Waals surface area contributed by atoms with E-state index in [4.69, 9.17) is 21.1 Å². The van der Waals surface area contributed by atoms with E-state index in [1.165, 1.54) is 14.0 Å². The summed E-state index contributed by atoms with van der Waals surface area (Å²) in [7, 11) is 1.49. The normalized spacial score (nSPS) is 11.5. The maximum Gasteiger partial charge on any atom is 0.307 e. The summed E-state index contributed by atoms with van der Waals surface area (Å²) in [4.78, 5) is 25.2. The van der Waals surface area contributed by atoms with Crippen LogP contribution >= 0.6 is 23.4 Å². The molecule has 138 valence electrons. The molecule has 0 spiro atoms. The van der Waals surface area contributed by atoms with Gasteiger partial charge in [-0.05, 0) is 37.3 Å². The maximum absolute atomic E-state index is 12.2. The summed E-state index contributed by atoms with van der Waals surface area (Å²) in [5.74, 6) is 0.184. The van der Waals surface area contributed by atoms with Gasteiger partial charge in [0.1, 0.15) is 5.75 Å². The van der Waals surface area contributed by atoms with Crippen molar-refractivity contribution < 1.29 is 19.1 Å². The molecular formula is C19H20ClNO4S. The number of rotatable bonds is 8. The van der Waals surface area contributed by atoms with E-state index in [0.29, 0.717) is 22.2 Å². The second kappa shape index (κ2) is 10.1. The van der Waals surface area contributed by atoms with Crippen LogP contribution in [0.1, 0.15) is 13.3 Å². The van der Waals surface area contributed by atoms with Crippen LogP contribution in [0.4, 0.5) is 5.69 Å². The van der Waals surface area contributed by atoms with Gasteiger partial charge < -0.3 is 14.8 Å². The van der Waals surface area contributed by atoms with E-state index >= 15 is 0 Å². The van der Waals surface area contributed by atoms with Crippen LogP contribution in [0.3, 0.4) is 0 Å². The maximum atomic E-state index is 12.2. The number of carbonyl (C=O) groups excluding carboxylic acids is 2. The third-order valence-electron chi connectivity index (χ3n) is 3.41. The van der Waals surface area contributed by atoms with Gasteiger partial charge >= 0.3 is 5.97 Å². The number of ether oxygens (including phenoxy) is 2. The first kappa shape index (κ1) is 20.1. The minimum atomic E-state index is -0.923. The van der Waals surface area contributed by atoms with Crippen molar-refractivity contribution in [2.24, 2.45) is 0 Å². The molecule has 0 aliphatic rings. The molecule has 1 N–H and O–H groups in total. The van der Waals surface area contributed by atoms with E-state index in [9.17, 15) is 9.59 Å². The number of nitrogens with one attached hydrogen (secondary N) is 1. The number of methoxy groups -OCH3 is 1. The SMILES string of the molecule is COc1ccc(Cl)cc1NC(=O)C(C)OC(=O)CCSc1ccccc1. The van der Waals surface area contributed by atoms with E-state index in [0.717, 1.165) is 4.90 Å². The molecule has 2 rings (SSSR count). The van der Waals surface area contributed by atoms with Crippen molar-refractivity contribution in [3.05, 3.63) is 53.6 Å². The summed E-state index contributed by atoms with van der Waals surface area (Å²) in [5, 5.41) is 3.12. The van der Waals surface area contributed by atoms with Crippen molar-refractivity contribution in [3.8, 4) is 5.75 Å². The Morgan fingerprint density at radius 2 is 1.92 bits per heavy atom. The van der Waals surface area contributed by atoms with E-state index in [1.807, 2.05) is 30.3 Å². The number of thioether (sulfide) groups is 1. The zero-order valence-electron chi connectivity index (χ0n) is 14.5. The Labute approximate surface area is 162 Å². The molecule has 1 unspecified atom stereocenters. The summed E-state index contributed by atoms with van der Waals surface area (Å²) >= 11 is 7.50. The summed E-state index contributed by atoms with van der Waals surface area (Å²) in [6.45, 7) is 1.52. The minimum absolute atomic E-state index is 0.220. The fraction of sp³-hybridized carbons (Fsp3) is 0.263.